The van der Waals surface area contributed by atoms with Gasteiger partial charge in [-0.1, -0.05) is 51.5 Å². The van der Waals surface area contributed by atoms with Crippen molar-refractivity contribution in [2.75, 3.05) is 0 Å². The molecule has 1 aromatic rings. The lowest BCUT2D eigenvalue weighted by atomic mass is 9.93. The molecule has 1 rings (SSSR count). The molecule has 1 heteroatoms. The van der Waals surface area contributed by atoms with E-state index in [0.29, 0.717) is 5.92 Å². The first-order valence-corrected chi connectivity index (χ1v) is 5.53. The molecule has 0 fully saturated rings. The number of hydrogen-bond donors (Lipinski definition) is 1. The molecule has 2 atom stereocenters. The van der Waals surface area contributed by atoms with Crippen LogP contribution in [0.25, 0.3) is 0 Å². The normalized spacial score (nSPS) is 15.1. The van der Waals surface area contributed by atoms with Gasteiger partial charge in [-0.25, -0.2) is 0 Å². The molecule has 1 aromatic carbocycles. The lowest BCUT2D eigenvalue weighted by molar-refractivity contribution is 0.457. The maximum Gasteiger partial charge on any atom is 0.0320 e. The SMILES string of the molecule is CCc1ccc([C@H](N)C(C)CC)cc1. The number of nitrogens with two attached hydrogens (primary N) is 1. The molecule has 0 aromatic heterocycles. The van der Waals surface area contributed by atoms with Gasteiger partial charge in [0.15, 0.2) is 0 Å². The van der Waals surface area contributed by atoms with Gasteiger partial charge >= 0.3 is 0 Å². The van der Waals surface area contributed by atoms with Crippen LogP contribution in [0.15, 0.2) is 24.3 Å². The summed E-state index contributed by atoms with van der Waals surface area (Å²) in [5.41, 5.74) is 8.78. The second kappa shape index (κ2) is 5.16. The van der Waals surface area contributed by atoms with Gasteiger partial charge in [0.2, 0.25) is 0 Å². The highest BCUT2D eigenvalue weighted by Gasteiger charge is 2.12. The fourth-order valence-corrected chi connectivity index (χ4v) is 1.56. The smallest absolute Gasteiger partial charge is 0.0320 e. The van der Waals surface area contributed by atoms with Gasteiger partial charge in [0, 0.05) is 6.04 Å². The zero-order valence-electron chi connectivity index (χ0n) is 9.46. The topological polar surface area (TPSA) is 26.0 Å². The molecule has 0 spiro atoms. The van der Waals surface area contributed by atoms with Crippen molar-refractivity contribution >= 4 is 0 Å². The Bertz CT molecular complexity index is 263. The molecule has 0 saturated heterocycles. The average molecular weight is 191 g/mol. The largest absolute Gasteiger partial charge is 0.324 e. The molecule has 0 amide bonds. The minimum atomic E-state index is 0.186. The lowest BCUT2D eigenvalue weighted by Crippen LogP contribution is -2.18. The third-order valence-corrected chi connectivity index (χ3v) is 3.03. The number of rotatable bonds is 4. The molecular weight excluding hydrogens is 170 g/mol. The summed E-state index contributed by atoms with van der Waals surface area (Å²) in [6.45, 7) is 6.56. The maximum absolute atomic E-state index is 6.14. The van der Waals surface area contributed by atoms with E-state index in [1.807, 2.05) is 0 Å². The van der Waals surface area contributed by atoms with Crippen molar-refractivity contribution in [3.05, 3.63) is 35.4 Å². The summed E-state index contributed by atoms with van der Waals surface area (Å²) in [5, 5.41) is 0. The van der Waals surface area contributed by atoms with Crippen molar-refractivity contribution in [3.8, 4) is 0 Å². The Morgan fingerprint density at radius 3 is 2.14 bits per heavy atom. The summed E-state index contributed by atoms with van der Waals surface area (Å²) < 4.78 is 0. The minimum absolute atomic E-state index is 0.186. The molecule has 0 bridgehead atoms. The predicted molar refractivity (Wildman–Crippen MR) is 62.2 cm³/mol. The van der Waals surface area contributed by atoms with Crippen LogP contribution in [0.3, 0.4) is 0 Å². The highest BCUT2D eigenvalue weighted by Crippen LogP contribution is 2.21. The van der Waals surface area contributed by atoms with Crippen LogP contribution in [0.2, 0.25) is 0 Å². The van der Waals surface area contributed by atoms with Crippen molar-refractivity contribution < 1.29 is 0 Å². The minimum Gasteiger partial charge on any atom is -0.324 e. The summed E-state index contributed by atoms with van der Waals surface area (Å²) in [7, 11) is 0. The molecule has 0 aliphatic rings. The molecular formula is C13H21N. The van der Waals surface area contributed by atoms with Crippen molar-refractivity contribution in [1.82, 2.24) is 0 Å². The highest BCUT2D eigenvalue weighted by atomic mass is 14.6. The standard InChI is InChI=1S/C13H21N/c1-4-10(3)13(14)12-8-6-11(5-2)7-9-12/h6-10,13H,4-5,14H2,1-3H3/t10?,13-/m1/s1. The zero-order chi connectivity index (χ0) is 10.6. The Labute approximate surface area is 87.3 Å². The van der Waals surface area contributed by atoms with E-state index in [-0.39, 0.29) is 6.04 Å². The van der Waals surface area contributed by atoms with Crippen LogP contribution in [0.4, 0.5) is 0 Å². The van der Waals surface area contributed by atoms with Crippen molar-refractivity contribution in [2.24, 2.45) is 11.7 Å². The summed E-state index contributed by atoms with van der Waals surface area (Å²) in [6, 6.07) is 8.87. The first-order valence-electron chi connectivity index (χ1n) is 5.53. The van der Waals surface area contributed by atoms with Gasteiger partial charge in [-0.05, 0) is 23.5 Å². The van der Waals surface area contributed by atoms with Crippen molar-refractivity contribution in [2.45, 2.75) is 39.7 Å². The molecule has 14 heavy (non-hydrogen) atoms. The van der Waals surface area contributed by atoms with E-state index in [0.717, 1.165) is 12.8 Å². The molecule has 1 unspecified atom stereocenters. The van der Waals surface area contributed by atoms with Crippen LogP contribution in [-0.2, 0) is 6.42 Å². The Hall–Kier alpha value is -0.820. The number of aryl methyl sites for hydroxylation is 1. The second-order valence-corrected chi connectivity index (χ2v) is 4.01. The summed E-state index contributed by atoms with van der Waals surface area (Å²) in [5.74, 6) is 0.558. The molecule has 0 aliphatic heterocycles. The summed E-state index contributed by atoms with van der Waals surface area (Å²) >= 11 is 0. The van der Waals surface area contributed by atoms with Gasteiger partial charge in [0.05, 0.1) is 0 Å². The predicted octanol–water partition coefficient (Wildman–Crippen LogP) is 3.29. The third kappa shape index (κ3) is 2.58. The highest BCUT2D eigenvalue weighted by molar-refractivity contribution is 5.25. The monoisotopic (exact) mass is 191 g/mol. The van der Waals surface area contributed by atoms with Gasteiger partial charge in [-0.2, -0.15) is 0 Å². The molecule has 0 aliphatic carbocycles. The maximum atomic E-state index is 6.14. The van der Waals surface area contributed by atoms with E-state index in [2.05, 4.69) is 45.0 Å². The Kier molecular flexibility index (Phi) is 4.15. The molecule has 78 valence electrons. The van der Waals surface area contributed by atoms with Gasteiger partial charge in [0.1, 0.15) is 0 Å². The van der Waals surface area contributed by atoms with Crippen LogP contribution in [-0.4, -0.2) is 0 Å². The van der Waals surface area contributed by atoms with Gasteiger partial charge in [-0.15, -0.1) is 0 Å². The van der Waals surface area contributed by atoms with E-state index in [1.165, 1.54) is 11.1 Å². The Balaban J connectivity index is 2.75. The third-order valence-electron chi connectivity index (χ3n) is 3.03. The molecule has 2 N–H and O–H groups in total. The van der Waals surface area contributed by atoms with Crippen LogP contribution in [0.1, 0.15) is 44.4 Å². The van der Waals surface area contributed by atoms with Crippen LogP contribution < -0.4 is 5.73 Å². The van der Waals surface area contributed by atoms with E-state index < -0.39 is 0 Å². The fraction of sp³-hybridized carbons (Fsp3) is 0.538. The quantitative estimate of drug-likeness (QED) is 0.776. The molecule has 0 heterocycles. The van der Waals surface area contributed by atoms with E-state index in [9.17, 15) is 0 Å². The van der Waals surface area contributed by atoms with E-state index in [4.69, 9.17) is 5.73 Å². The first kappa shape index (κ1) is 11.3. The summed E-state index contributed by atoms with van der Waals surface area (Å²) in [6.07, 6.45) is 2.23. The molecule has 1 nitrogen and oxygen atoms in total. The van der Waals surface area contributed by atoms with Crippen molar-refractivity contribution in [1.29, 1.82) is 0 Å². The fourth-order valence-electron chi connectivity index (χ4n) is 1.56. The zero-order valence-corrected chi connectivity index (χ0v) is 9.46. The molecule has 0 saturated carbocycles. The van der Waals surface area contributed by atoms with E-state index in [1.54, 1.807) is 0 Å². The first-order chi connectivity index (χ1) is 6.69. The average Bonchev–Trinajstić information content (AvgIpc) is 2.27. The number of hydrogen-bond acceptors (Lipinski definition) is 1. The van der Waals surface area contributed by atoms with Gasteiger partial charge in [-0.3, -0.25) is 0 Å². The molecule has 0 radical (unpaired) electrons. The van der Waals surface area contributed by atoms with Crippen molar-refractivity contribution in [3.63, 3.8) is 0 Å². The summed E-state index contributed by atoms with van der Waals surface area (Å²) in [4.78, 5) is 0. The number of benzene rings is 1. The van der Waals surface area contributed by atoms with Crippen LogP contribution >= 0.6 is 0 Å². The Morgan fingerprint density at radius 2 is 1.71 bits per heavy atom. The van der Waals surface area contributed by atoms with Crippen LogP contribution in [0, 0.1) is 5.92 Å². The Morgan fingerprint density at radius 1 is 1.14 bits per heavy atom. The van der Waals surface area contributed by atoms with E-state index >= 15 is 0 Å². The van der Waals surface area contributed by atoms with Gasteiger partial charge in [0.25, 0.3) is 0 Å². The second-order valence-electron chi connectivity index (χ2n) is 4.01. The van der Waals surface area contributed by atoms with Gasteiger partial charge < -0.3 is 5.73 Å². The lowest BCUT2D eigenvalue weighted by Gasteiger charge is -2.18. The van der Waals surface area contributed by atoms with Crippen LogP contribution in [0.5, 0.6) is 0 Å².